The molecule has 0 fully saturated rings. The van der Waals surface area contributed by atoms with Crippen molar-refractivity contribution >= 4 is 17.3 Å². The Hall–Kier alpha value is -1.75. The zero-order chi connectivity index (χ0) is 16.2. The van der Waals surface area contributed by atoms with Gasteiger partial charge in [0.1, 0.15) is 0 Å². The number of anilines is 2. The van der Waals surface area contributed by atoms with Gasteiger partial charge in [-0.2, -0.15) is 0 Å². The van der Waals surface area contributed by atoms with Crippen molar-refractivity contribution in [2.75, 3.05) is 52.3 Å². The Bertz CT molecular complexity index is 495. The molecule has 1 aromatic carbocycles. The molecule has 0 heterocycles. The fourth-order valence-corrected chi connectivity index (χ4v) is 2.36. The molecule has 5 nitrogen and oxygen atoms in total. The lowest BCUT2D eigenvalue weighted by Gasteiger charge is -2.29. The number of hydrogen-bond acceptors (Lipinski definition) is 4. The molecule has 118 valence electrons. The van der Waals surface area contributed by atoms with E-state index < -0.39 is 0 Å². The quantitative estimate of drug-likeness (QED) is 0.787. The summed E-state index contributed by atoms with van der Waals surface area (Å²) in [6.07, 6.45) is 0. The van der Waals surface area contributed by atoms with Gasteiger partial charge in [-0.3, -0.25) is 4.79 Å². The molecule has 0 saturated carbocycles. The zero-order valence-corrected chi connectivity index (χ0v) is 14.0. The maximum atomic E-state index is 11.9. The van der Waals surface area contributed by atoms with E-state index in [0.717, 1.165) is 18.8 Å². The summed E-state index contributed by atoms with van der Waals surface area (Å²) in [7, 11) is 7.60. The Morgan fingerprint density at radius 2 is 1.86 bits per heavy atom. The Kier molecular flexibility index (Phi) is 5.61. The molecule has 0 atom stereocenters. The van der Waals surface area contributed by atoms with Crippen LogP contribution in [0.3, 0.4) is 0 Å². The number of hydrogen-bond donors (Lipinski definition) is 2. The summed E-state index contributed by atoms with van der Waals surface area (Å²) in [5.41, 5.74) is 8.26. The molecular weight excluding hydrogens is 264 g/mol. The van der Waals surface area contributed by atoms with Gasteiger partial charge in [-0.05, 0) is 37.7 Å². The van der Waals surface area contributed by atoms with Crippen LogP contribution in [-0.2, 0) is 0 Å². The number of nitrogen functional groups attached to an aromatic ring is 1. The number of carbonyl (C=O) groups is 1. The highest BCUT2D eigenvalue weighted by atomic mass is 16.2. The molecule has 0 radical (unpaired) electrons. The molecule has 0 aliphatic heterocycles. The Labute approximate surface area is 128 Å². The van der Waals surface area contributed by atoms with Crippen LogP contribution in [0, 0.1) is 5.41 Å². The molecule has 3 N–H and O–H groups in total. The molecule has 0 bridgehead atoms. The molecule has 5 heteroatoms. The summed E-state index contributed by atoms with van der Waals surface area (Å²) in [5, 5.41) is 3.38. The summed E-state index contributed by atoms with van der Waals surface area (Å²) >= 11 is 0. The van der Waals surface area contributed by atoms with E-state index in [4.69, 9.17) is 5.73 Å². The minimum atomic E-state index is -0.0406. The van der Waals surface area contributed by atoms with Crippen LogP contribution >= 0.6 is 0 Å². The highest BCUT2D eigenvalue weighted by molar-refractivity contribution is 5.95. The van der Waals surface area contributed by atoms with Gasteiger partial charge in [0.25, 0.3) is 5.91 Å². The van der Waals surface area contributed by atoms with E-state index in [1.54, 1.807) is 31.1 Å². The molecule has 1 rings (SSSR count). The van der Waals surface area contributed by atoms with Crippen molar-refractivity contribution in [2.24, 2.45) is 5.41 Å². The Morgan fingerprint density at radius 3 is 2.33 bits per heavy atom. The molecule has 0 aliphatic rings. The maximum absolute atomic E-state index is 11.9. The first-order chi connectivity index (χ1) is 9.62. The standard InChI is InChI=1S/C16H28N4O/c1-16(2,11-19(3)4)10-18-14-8-7-12(9-13(14)17)15(21)20(5)6/h7-9,18H,10-11,17H2,1-6H3. The average Bonchev–Trinajstić information content (AvgIpc) is 2.34. The second-order valence-electron chi connectivity index (χ2n) is 6.76. The van der Waals surface area contributed by atoms with Crippen molar-refractivity contribution in [1.82, 2.24) is 9.80 Å². The van der Waals surface area contributed by atoms with Gasteiger partial charge in [-0.15, -0.1) is 0 Å². The summed E-state index contributed by atoms with van der Waals surface area (Å²) in [6.45, 7) is 6.22. The summed E-state index contributed by atoms with van der Waals surface area (Å²) in [6, 6.07) is 5.40. The molecule has 0 unspecified atom stereocenters. The first-order valence-electron chi connectivity index (χ1n) is 7.12. The van der Waals surface area contributed by atoms with Crippen LogP contribution in [0.25, 0.3) is 0 Å². The molecule has 21 heavy (non-hydrogen) atoms. The fraction of sp³-hybridized carbons (Fsp3) is 0.562. The van der Waals surface area contributed by atoms with E-state index in [0.29, 0.717) is 11.3 Å². The van der Waals surface area contributed by atoms with Crippen LogP contribution < -0.4 is 11.1 Å². The molecular formula is C16H28N4O. The molecule has 1 aromatic rings. The third kappa shape index (κ3) is 5.27. The van der Waals surface area contributed by atoms with Gasteiger partial charge in [-0.1, -0.05) is 13.8 Å². The van der Waals surface area contributed by atoms with Gasteiger partial charge < -0.3 is 20.9 Å². The second-order valence-corrected chi connectivity index (χ2v) is 6.76. The van der Waals surface area contributed by atoms with E-state index >= 15 is 0 Å². The number of nitrogens with two attached hydrogens (primary N) is 1. The van der Waals surface area contributed by atoms with Crippen LogP contribution in [0.5, 0.6) is 0 Å². The van der Waals surface area contributed by atoms with E-state index in [1.165, 1.54) is 0 Å². The highest BCUT2D eigenvalue weighted by Gasteiger charge is 2.19. The van der Waals surface area contributed by atoms with Gasteiger partial charge in [0, 0.05) is 32.7 Å². The van der Waals surface area contributed by atoms with E-state index in [1.807, 2.05) is 6.07 Å². The largest absolute Gasteiger partial charge is 0.397 e. The minimum absolute atomic E-state index is 0.0406. The van der Waals surface area contributed by atoms with Gasteiger partial charge in [0.2, 0.25) is 0 Å². The number of carbonyl (C=O) groups excluding carboxylic acids is 1. The van der Waals surface area contributed by atoms with Gasteiger partial charge in [0.05, 0.1) is 11.4 Å². The number of amides is 1. The van der Waals surface area contributed by atoms with E-state index in [9.17, 15) is 4.79 Å². The monoisotopic (exact) mass is 292 g/mol. The van der Waals surface area contributed by atoms with Crippen LogP contribution in [0.2, 0.25) is 0 Å². The number of nitrogens with zero attached hydrogens (tertiary/aromatic N) is 2. The average molecular weight is 292 g/mol. The number of rotatable bonds is 6. The van der Waals surface area contributed by atoms with Crippen molar-refractivity contribution in [1.29, 1.82) is 0 Å². The number of nitrogens with one attached hydrogen (secondary N) is 1. The van der Waals surface area contributed by atoms with Gasteiger partial charge in [0.15, 0.2) is 0 Å². The fourth-order valence-electron chi connectivity index (χ4n) is 2.36. The summed E-state index contributed by atoms with van der Waals surface area (Å²) < 4.78 is 0. The highest BCUT2D eigenvalue weighted by Crippen LogP contribution is 2.23. The predicted molar refractivity (Wildman–Crippen MR) is 89.7 cm³/mol. The van der Waals surface area contributed by atoms with Crippen LogP contribution in [-0.4, -0.2) is 57.0 Å². The van der Waals surface area contributed by atoms with Crippen LogP contribution in [0.15, 0.2) is 18.2 Å². The summed E-state index contributed by atoms with van der Waals surface area (Å²) in [5.74, 6) is -0.0406. The Balaban J connectivity index is 2.76. The van der Waals surface area contributed by atoms with Crippen molar-refractivity contribution in [2.45, 2.75) is 13.8 Å². The smallest absolute Gasteiger partial charge is 0.253 e. The minimum Gasteiger partial charge on any atom is -0.397 e. The second kappa shape index (κ2) is 6.80. The normalized spacial score (nSPS) is 11.6. The van der Waals surface area contributed by atoms with E-state index in [2.05, 4.69) is 38.2 Å². The van der Waals surface area contributed by atoms with Crippen molar-refractivity contribution in [3.05, 3.63) is 23.8 Å². The van der Waals surface area contributed by atoms with Gasteiger partial charge >= 0.3 is 0 Å². The summed E-state index contributed by atoms with van der Waals surface area (Å²) in [4.78, 5) is 15.6. The lowest BCUT2D eigenvalue weighted by atomic mass is 9.93. The number of benzene rings is 1. The molecule has 0 spiro atoms. The molecule has 0 saturated heterocycles. The van der Waals surface area contributed by atoms with Crippen molar-refractivity contribution in [3.8, 4) is 0 Å². The van der Waals surface area contributed by atoms with Gasteiger partial charge in [-0.25, -0.2) is 0 Å². The lowest BCUT2D eigenvalue weighted by Crippen LogP contribution is -2.34. The predicted octanol–water partition coefficient (Wildman–Crippen LogP) is 1.97. The zero-order valence-electron chi connectivity index (χ0n) is 14.0. The Morgan fingerprint density at radius 1 is 1.24 bits per heavy atom. The van der Waals surface area contributed by atoms with Crippen LogP contribution in [0.4, 0.5) is 11.4 Å². The van der Waals surface area contributed by atoms with E-state index in [-0.39, 0.29) is 11.3 Å². The third-order valence-electron chi connectivity index (χ3n) is 3.21. The van der Waals surface area contributed by atoms with Crippen LogP contribution in [0.1, 0.15) is 24.2 Å². The molecule has 1 amide bonds. The molecule has 0 aromatic heterocycles. The topological polar surface area (TPSA) is 61.6 Å². The van der Waals surface area contributed by atoms with Crippen molar-refractivity contribution in [3.63, 3.8) is 0 Å². The lowest BCUT2D eigenvalue weighted by molar-refractivity contribution is 0.0827. The SMILES string of the molecule is CN(C)CC(C)(C)CNc1ccc(C(=O)N(C)C)cc1N. The first-order valence-corrected chi connectivity index (χ1v) is 7.12. The third-order valence-corrected chi connectivity index (χ3v) is 3.21. The maximum Gasteiger partial charge on any atom is 0.253 e. The molecule has 0 aliphatic carbocycles. The first kappa shape index (κ1) is 17.3. The van der Waals surface area contributed by atoms with Crippen molar-refractivity contribution < 1.29 is 4.79 Å².